The van der Waals surface area contributed by atoms with Crippen molar-refractivity contribution in [3.63, 3.8) is 0 Å². The van der Waals surface area contributed by atoms with E-state index in [9.17, 15) is 9.59 Å². The number of esters is 2. The average Bonchev–Trinajstić information content (AvgIpc) is 2.46. The lowest BCUT2D eigenvalue weighted by atomic mass is 10.1. The Morgan fingerprint density at radius 1 is 1.09 bits per heavy atom. The van der Waals surface area contributed by atoms with Crippen molar-refractivity contribution in [2.45, 2.75) is 39.9 Å². The lowest BCUT2D eigenvalue weighted by molar-refractivity contribution is -0.166. The van der Waals surface area contributed by atoms with Crippen molar-refractivity contribution >= 4 is 11.9 Å². The van der Waals surface area contributed by atoms with E-state index in [2.05, 4.69) is 0 Å². The fourth-order valence-electron chi connectivity index (χ4n) is 1.83. The zero-order valence-corrected chi connectivity index (χ0v) is 13.6. The van der Waals surface area contributed by atoms with Gasteiger partial charge in [-0.25, -0.2) is 4.79 Å². The Hall–Kier alpha value is -1.88. The van der Waals surface area contributed by atoms with Gasteiger partial charge >= 0.3 is 11.9 Å². The number of hydrogen-bond donors (Lipinski definition) is 0. The van der Waals surface area contributed by atoms with Crippen molar-refractivity contribution in [2.75, 3.05) is 13.7 Å². The molecule has 0 aliphatic heterocycles. The second-order valence-electron chi connectivity index (χ2n) is 5.53. The summed E-state index contributed by atoms with van der Waals surface area (Å²) in [5.41, 5.74) is 1.76. The Kier molecular flexibility index (Phi) is 7.60. The van der Waals surface area contributed by atoms with E-state index in [1.54, 1.807) is 7.11 Å². The number of methoxy groups -OCH3 is 1. The van der Waals surface area contributed by atoms with Gasteiger partial charge in [-0.1, -0.05) is 38.1 Å². The van der Waals surface area contributed by atoms with E-state index in [4.69, 9.17) is 14.2 Å². The quantitative estimate of drug-likeness (QED) is 0.691. The van der Waals surface area contributed by atoms with Crippen LogP contribution in [0.5, 0.6) is 0 Å². The van der Waals surface area contributed by atoms with E-state index in [-0.39, 0.29) is 12.3 Å². The molecule has 1 atom stereocenters. The maximum Gasteiger partial charge on any atom is 0.347 e. The third-order valence-electron chi connectivity index (χ3n) is 2.95. The van der Waals surface area contributed by atoms with Crippen LogP contribution in [-0.4, -0.2) is 31.8 Å². The van der Waals surface area contributed by atoms with Crippen LogP contribution in [0.4, 0.5) is 0 Å². The second kappa shape index (κ2) is 9.20. The SMILES string of the molecule is COCc1ccccc1CC(=O)OC(C)C(=O)OCC(C)C. The van der Waals surface area contributed by atoms with Crippen LogP contribution >= 0.6 is 0 Å². The smallest absolute Gasteiger partial charge is 0.347 e. The van der Waals surface area contributed by atoms with Crippen LogP contribution < -0.4 is 0 Å². The molecule has 0 heterocycles. The summed E-state index contributed by atoms with van der Waals surface area (Å²) in [6, 6.07) is 7.47. The van der Waals surface area contributed by atoms with E-state index in [1.165, 1.54) is 6.92 Å². The largest absolute Gasteiger partial charge is 0.463 e. The van der Waals surface area contributed by atoms with Crippen molar-refractivity contribution < 1.29 is 23.8 Å². The molecule has 1 aromatic carbocycles. The molecule has 0 fully saturated rings. The van der Waals surface area contributed by atoms with Gasteiger partial charge in [0.15, 0.2) is 6.10 Å². The Bertz CT molecular complexity index is 496. The minimum Gasteiger partial charge on any atom is -0.463 e. The predicted molar refractivity (Wildman–Crippen MR) is 82.2 cm³/mol. The number of benzene rings is 1. The molecule has 5 heteroatoms. The Labute approximate surface area is 131 Å². The Balaban J connectivity index is 2.54. The summed E-state index contributed by atoms with van der Waals surface area (Å²) in [5, 5.41) is 0. The van der Waals surface area contributed by atoms with E-state index < -0.39 is 18.0 Å². The van der Waals surface area contributed by atoms with Crippen molar-refractivity contribution in [3.8, 4) is 0 Å². The highest BCUT2D eigenvalue weighted by molar-refractivity contribution is 5.80. The monoisotopic (exact) mass is 308 g/mol. The van der Waals surface area contributed by atoms with Gasteiger partial charge in [0.2, 0.25) is 0 Å². The predicted octanol–water partition coefficient (Wildman–Crippen LogP) is 2.51. The van der Waals surface area contributed by atoms with Crippen LogP contribution in [0.25, 0.3) is 0 Å². The van der Waals surface area contributed by atoms with Crippen LogP contribution in [-0.2, 0) is 36.8 Å². The Morgan fingerprint density at radius 2 is 1.73 bits per heavy atom. The molecule has 5 nitrogen and oxygen atoms in total. The highest BCUT2D eigenvalue weighted by Crippen LogP contribution is 2.12. The molecule has 0 aliphatic rings. The van der Waals surface area contributed by atoms with Crippen LogP contribution in [0.1, 0.15) is 31.9 Å². The van der Waals surface area contributed by atoms with Crippen molar-refractivity contribution in [1.82, 2.24) is 0 Å². The van der Waals surface area contributed by atoms with Crippen molar-refractivity contribution in [3.05, 3.63) is 35.4 Å². The van der Waals surface area contributed by atoms with Gasteiger partial charge < -0.3 is 14.2 Å². The third-order valence-corrected chi connectivity index (χ3v) is 2.95. The van der Waals surface area contributed by atoms with E-state index in [0.29, 0.717) is 13.2 Å². The van der Waals surface area contributed by atoms with Gasteiger partial charge in [0.05, 0.1) is 19.6 Å². The summed E-state index contributed by atoms with van der Waals surface area (Å²) < 4.78 is 15.3. The van der Waals surface area contributed by atoms with E-state index >= 15 is 0 Å². The molecule has 1 unspecified atom stereocenters. The maximum absolute atomic E-state index is 12.0. The number of rotatable bonds is 8. The highest BCUT2D eigenvalue weighted by atomic mass is 16.6. The van der Waals surface area contributed by atoms with Crippen molar-refractivity contribution in [2.24, 2.45) is 5.92 Å². The molecule has 1 rings (SSSR count). The molecule has 0 N–H and O–H groups in total. The molecule has 22 heavy (non-hydrogen) atoms. The molecule has 0 bridgehead atoms. The molecule has 0 radical (unpaired) electrons. The van der Waals surface area contributed by atoms with Crippen LogP contribution in [0.15, 0.2) is 24.3 Å². The van der Waals surface area contributed by atoms with Crippen LogP contribution in [0, 0.1) is 5.92 Å². The molecule has 0 spiro atoms. The Morgan fingerprint density at radius 3 is 2.32 bits per heavy atom. The molecule has 1 aromatic rings. The highest BCUT2D eigenvalue weighted by Gasteiger charge is 2.20. The minimum atomic E-state index is -0.902. The van der Waals surface area contributed by atoms with E-state index in [1.807, 2.05) is 38.1 Å². The van der Waals surface area contributed by atoms with Gasteiger partial charge in [-0.05, 0) is 24.0 Å². The first-order valence-electron chi connectivity index (χ1n) is 7.35. The first-order valence-corrected chi connectivity index (χ1v) is 7.35. The summed E-state index contributed by atoms with van der Waals surface area (Å²) in [6.45, 7) is 6.14. The number of ether oxygens (including phenoxy) is 3. The summed E-state index contributed by atoms with van der Waals surface area (Å²) >= 11 is 0. The fourth-order valence-corrected chi connectivity index (χ4v) is 1.83. The fraction of sp³-hybridized carbons (Fsp3) is 0.529. The summed E-state index contributed by atoms with van der Waals surface area (Å²) in [4.78, 5) is 23.6. The van der Waals surface area contributed by atoms with E-state index in [0.717, 1.165) is 11.1 Å². The molecule has 0 aliphatic carbocycles. The van der Waals surface area contributed by atoms with Gasteiger partial charge in [-0.15, -0.1) is 0 Å². The molecule has 0 amide bonds. The summed E-state index contributed by atoms with van der Waals surface area (Å²) in [5.74, 6) is -0.738. The molecule has 0 saturated carbocycles. The van der Waals surface area contributed by atoms with Gasteiger partial charge in [0, 0.05) is 7.11 Å². The molecule has 122 valence electrons. The lowest BCUT2D eigenvalue weighted by Crippen LogP contribution is -2.28. The van der Waals surface area contributed by atoms with Gasteiger partial charge in [0.1, 0.15) is 0 Å². The van der Waals surface area contributed by atoms with Gasteiger partial charge in [0.25, 0.3) is 0 Å². The zero-order chi connectivity index (χ0) is 16.5. The summed E-state index contributed by atoms with van der Waals surface area (Å²) in [6.07, 6.45) is -0.803. The minimum absolute atomic E-state index is 0.0985. The third kappa shape index (κ3) is 6.26. The average molecular weight is 308 g/mol. The van der Waals surface area contributed by atoms with Crippen LogP contribution in [0.2, 0.25) is 0 Å². The zero-order valence-electron chi connectivity index (χ0n) is 13.6. The number of carbonyl (C=O) groups excluding carboxylic acids is 2. The second-order valence-corrected chi connectivity index (χ2v) is 5.53. The standard InChI is InChI=1S/C17H24O5/c1-12(2)10-21-17(19)13(3)22-16(18)9-14-7-5-6-8-15(14)11-20-4/h5-8,12-13H,9-11H2,1-4H3. The number of carbonyl (C=O) groups is 2. The molecular formula is C17H24O5. The first-order chi connectivity index (χ1) is 10.4. The molecule has 0 saturated heterocycles. The maximum atomic E-state index is 12.0. The lowest BCUT2D eigenvalue weighted by Gasteiger charge is -2.14. The molecular weight excluding hydrogens is 284 g/mol. The van der Waals surface area contributed by atoms with Crippen molar-refractivity contribution in [1.29, 1.82) is 0 Å². The molecule has 0 aromatic heterocycles. The normalized spacial score (nSPS) is 12.0. The van der Waals surface area contributed by atoms with Gasteiger partial charge in [-0.2, -0.15) is 0 Å². The van der Waals surface area contributed by atoms with Crippen LogP contribution in [0.3, 0.4) is 0 Å². The number of hydrogen-bond acceptors (Lipinski definition) is 5. The topological polar surface area (TPSA) is 61.8 Å². The first kappa shape index (κ1) is 18.2. The van der Waals surface area contributed by atoms with Gasteiger partial charge in [-0.3, -0.25) is 4.79 Å². The summed E-state index contributed by atoms with van der Waals surface area (Å²) in [7, 11) is 1.60.